The minimum Gasteiger partial charge on any atom is -0.325 e. The molecule has 3 nitrogen and oxygen atoms in total. The number of carbonyl (C=O) groups is 1. The molecule has 1 amide bonds. The van der Waals surface area contributed by atoms with Crippen LogP contribution < -0.4 is 11.1 Å². The summed E-state index contributed by atoms with van der Waals surface area (Å²) in [5.41, 5.74) is 6.71. The van der Waals surface area contributed by atoms with E-state index in [9.17, 15) is 4.79 Å². The molecule has 0 saturated heterocycles. The van der Waals surface area contributed by atoms with Crippen molar-refractivity contribution in [3.63, 3.8) is 0 Å². The topological polar surface area (TPSA) is 55.1 Å². The van der Waals surface area contributed by atoms with Crippen LogP contribution in [-0.2, 0) is 4.79 Å². The Morgan fingerprint density at radius 1 is 1.21 bits per heavy atom. The molecule has 19 heavy (non-hydrogen) atoms. The highest BCUT2D eigenvalue weighted by molar-refractivity contribution is 5.97. The van der Waals surface area contributed by atoms with E-state index >= 15 is 0 Å². The molecular formula is C16H20N2O. The second kappa shape index (κ2) is 5.85. The van der Waals surface area contributed by atoms with Crippen LogP contribution in [0, 0.1) is 5.92 Å². The summed E-state index contributed by atoms with van der Waals surface area (Å²) in [5, 5.41) is 5.15. The van der Waals surface area contributed by atoms with Gasteiger partial charge in [-0.25, -0.2) is 0 Å². The summed E-state index contributed by atoms with van der Waals surface area (Å²) in [5.74, 6) is 0.0603. The summed E-state index contributed by atoms with van der Waals surface area (Å²) in [6.07, 6.45) is 0.895. The minimum absolute atomic E-state index is 0.121. The van der Waals surface area contributed by atoms with E-state index in [1.807, 2.05) is 56.3 Å². The number of rotatable bonds is 4. The minimum atomic E-state index is -0.462. The van der Waals surface area contributed by atoms with E-state index in [4.69, 9.17) is 5.73 Å². The van der Waals surface area contributed by atoms with Gasteiger partial charge in [-0.2, -0.15) is 0 Å². The molecule has 3 heteroatoms. The van der Waals surface area contributed by atoms with Gasteiger partial charge in [0.2, 0.25) is 5.91 Å². The van der Waals surface area contributed by atoms with Crippen molar-refractivity contribution in [3.05, 3.63) is 42.5 Å². The molecule has 2 rings (SSSR count). The lowest BCUT2D eigenvalue weighted by Gasteiger charge is -2.17. The molecule has 0 radical (unpaired) electrons. The van der Waals surface area contributed by atoms with E-state index in [1.165, 1.54) is 0 Å². The number of fused-ring (bicyclic) bond motifs is 1. The van der Waals surface area contributed by atoms with Gasteiger partial charge in [-0.3, -0.25) is 4.79 Å². The molecule has 0 heterocycles. The van der Waals surface area contributed by atoms with Crippen LogP contribution in [0.5, 0.6) is 0 Å². The van der Waals surface area contributed by atoms with Crippen molar-refractivity contribution in [1.82, 2.24) is 0 Å². The van der Waals surface area contributed by atoms with Gasteiger partial charge in [0.05, 0.1) is 6.04 Å². The molecule has 0 aliphatic rings. The number of nitrogens with two attached hydrogens (primary N) is 1. The van der Waals surface area contributed by atoms with Crippen LogP contribution in [0.2, 0.25) is 0 Å². The highest BCUT2D eigenvalue weighted by Gasteiger charge is 2.19. The Bertz CT molecular complexity index is 580. The number of nitrogens with one attached hydrogen (secondary N) is 1. The summed E-state index contributed by atoms with van der Waals surface area (Å²) >= 11 is 0. The lowest BCUT2D eigenvalue weighted by atomic mass is 9.99. The Labute approximate surface area is 113 Å². The third-order valence-corrected chi connectivity index (χ3v) is 3.58. The first kappa shape index (κ1) is 13.6. The number of hydrogen-bond acceptors (Lipinski definition) is 2. The number of anilines is 1. The van der Waals surface area contributed by atoms with E-state index in [0.717, 1.165) is 22.9 Å². The van der Waals surface area contributed by atoms with Crippen LogP contribution in [0.25, 0.3) is 10.8 Å². The molecule has 2 aromatic rings. The number of benzene rings is 2. The van der Waals surface area contributed by atoms with E-state index in [0.29, 0.717) is 0 Å². The van der Waals surface area contributed by atoms with Crippen LogP contribution in [0.1, 0.15) is 20.3 Å². The predicted octanol–water partition coefficient (Wildman–Crippen LogP) is 3.15. The van der Waals surface area contributed by atoms with Crippen molar-refractivity contribution in [2.45, 2.75) is 26.3 Å². The van der Waals surface area contributed by atoms with Crippen LogP contribution in [0.3, 0.4) is 0 Å². The van der Waals surface area contributed by atoms with Crippen molar-refractivity contribution in [3.8, 4) is 0 Å². The first-order valence-electron chi connectivity index (χ1n) is 6.67. The van der Waals surface area contributed by atoms with E-state index in [-0.39, 0.29) is 11.8 Å². The lowest BCUT2D eigenvalue weighted by molar-refractivity contribution is -0.118. The zero-order valence-electron chi connectivity index (χ0n) is 11.4. The summed E-state index contributed by atoms with van der Waals surface area (Å²) in [4.78, 5) is 12.0. The van der Waals surface area contributed by atoms with E-state index in [1.54, 1.807) is 0 Å². The molecule has 0 bridgehead atoms. The van der Waals surface area contributed by atoms with Crippen molar-refractivity contribution >= 4 is 22.4 Å². The summed E-state index contributed by atoms with van der Waals surface area (Å²) in [7, 11) is 0. The summed E-state index contributed by atoms with van der Waals surface area (Å²) in [6.45, 7) is 4.03. The number of amides is 1. The van der Waals surface area contributed by atoms with Gasteiger partial charge in [0.25, 0.3) is 0 Å². The third-order valence-electron chi connectivity index (χ3n) is 3.58. The van der Waals surface area contributed by atoms with Crippen LogP contribution in [-0.4, -0.2) is 11.9 Å². The zero-order valence-corrected chi connectivity index (χ0v) is 11.4. The zero-order chi connectivity index (χ0) is 13.8. The van der Waals surface area contributed by atoms with E-state index in [2.05, 4.69) is 5.32 Å². The summed E-state index contributed by atoms with van der Waals surface area (Å²) in [6, 6.07) is 13.5. The fourth-order valence-corrected chi connectivity index (χ4v) is 2.01. The maximum absolute atomic E-state index is 12.0. The van der Waals surface area contributed by atoms with Crippen molar-refractivity contribution in [2.75, 3.05) is 5.32 Å². The van der Waals surface area contributed by atoms with Gasteiger partial charge in [-0.05, 0) is 28.8 Å². The first-order chi connectivity index (χ1) is 9.11. The fraction of sp³-hybridized carbons (Fsp3) is 0.312. The molecule has 0 aliphatic heterocycles. The lowest BCUT2D eigenvalue weighted by Crippen LogP contribution is -2.40. The maximum atomic E-state index is 12.0. The SMILES string of the molecule is CCC(C)[C@H](N)C(=O)Nc1ccc2ccccc2c1. The molecule has 0 fully saturated rings. The predicted molar refractivity (Wildman–Crippen MR) is 80.0 cm³/mol. The van der Waals surface area contributed by atoms with Crippen molar-refractivity contribution in [2.24, 2.45) is 11.7 Å². The van der Waals surface area contributed by atoms with Crippen LogP contribution in [0.4, 0.5) is 5.69 Å². The Kier molecular flexibility index (Phi) is 4.17. The van der Waals surface area contributed by atoms with Gasteiger partial charge in [0.15, 0.2) is 0 Å². The van der Waals surface area contributed by atoms with Crippen molar-refractivity contribution in [1.29, 1.82) is 0 Å². The molecule has 2 atom stereocenters. The molecule has 0 aliphatic carbocycles. The monoisotopic (exact) mass is 256 g/mol. The Morgan fingerprint density at radius 2 is 1.89 bits per heavy atom. The smallest absolute Gasteiger partial charge is 0.241 e. The quantitative estimate of drug-likeness (QED) is 0.883. The molecule has 0 saturated carbocycles. The first-order valence-corrected chi connectivity index (χ1v) is 6.67. The molecule has 2 aromatic carbocycles. The Balaban J connectivity index is 2.15. The van der Waals surface area contributed by atoms with Gasteiger partial charge >= 0.3 is 0 Å². The number of carbonyl (C=O) groups excluding carboxylic acids is 1. The standard InChI is InChI=1S/C16H20N2O/c1-3-11(2)15(17)16(19)18-14-9-8-12-6-4-5-7-13(12)10-14/h4-11,15H,3,17H2,1-2H3,(H,18,19)/t11?,15-/m0/s1. The Hall–Kier alpha value is -1.87. The molecule has 100 valence electrons. The van der Waals surface area contributed by atoms with Gasteiger partial charge in [-0.15, -0.1) is 0 Å². The summed E-state index contributed by atoms with van der Waals surface area (Å²) < 4.78 is 0. The van der Waals surface area contributed by atoms with Gasteiger partial charge in [0.1, 0.15) is 0 Å². The average molecular weight is 256 g/mol. The molecule has 0 spiro atoms. The maximum Gasteiger partial charge on any atom is 0.241 e. The van der Waals surface area contributed by atoms with E-state index < -0.39 is 6.04 Å². The average Bonchev–Trinajstić information content (AvgIpc) is 2.45. The Morgan fingerprint density at radius 3 is 2.58 bits per heavy atom. The molecule has 1 unspecified atom stereocenters. The normalized spacial score (nSPS) is 14.1. The number of hydrogen-bond donors (Lipinski definition) is 2. The molecule has 3 N–H and O–H groups in total. The van der Waals surface area contributed by atoms with Crippen molar-refractivity contribution < 1.29 is 4.79 Å². The fourth-order valence-electron chi connectivity index (χ4n) is 2.01. The van der Waals surface area contributed by atoms with Crippen LogP contribution in [0.15, 0.2) is 42.5 Å². The largest absolute Gasteiger partial charge is 0.325 e. The van der Waals surface area contributed by atoms with Gasteiger partial charge in [0, 0.05) is 5.69 Å². The van der Waals surface area contributed by atoms with Gasteiger partial charge in [-0.1, -0.05) is 50.6 Å². The highest BCUT2D eigenvalue weighted by atomic mass is 16.2. The molecular weight excluding hydrogens is 236 g/mol. The molecule has 0 aromatic heterocycles. The highest BCUT2D eigenvalue weighted by Crippen LogP contribution is 2.19. The second-order valence-electron chi connectivity index (χ2n) is 4.96. The second-order valence-corrected chi connectivity index (χ2v) is 4.96. The third kappa shape index (κ3) is 3.12. The van der Waals surface area contributed by atoms with Crippen LogP contribution >= 0.6 is 0 Å². The van der Waals surface area contributed by atoms with Gasteiger partial charge < -0.3 is 11.1 Å².